The lowest BCUT2D eigenvalue weighted by Crippen LogP contribution is -2.60. The second-order valence-electron chi connectivity index (χ2n) is 5.24. The zero-order valence-corrected chi connectivity index (χ0v) is 12.1. The summed E-state index contributed by atoms with van der Waals surface area (Å²) in [6.45, 7) is 3.95. The van der Waals surface area contributed by atoms with Gasteiger partial charge in [-0.05, 0) is 12.0 Å². The van der Waals surface area contributed by atoms with E-state index in [1.54, 1.807) is 6.20 Å². The topological polar surface area (TPSA) is 92.2 Å². The summed E-state index contributed by atoms with van der Waals surface area (Å²) in [6.07, 6.45) is 6.93. The van der Waals surface area contributed by atoms with E-state index in [0.29, 0.717) is 5.92 Å². The van der Waals surface area contributed by atoms with Crippen LogP contribution in [0.25, 0.3) is 0 Å². The fourth-order valence-corrected chi connectivity index (χ4v) is 2.83. The van der Waals surface area contributed by atoms with Gasteiger partial charge in [0.1, 0.15) is 0 Å². The normalized spacial score (nSPS) is 26.8. The number of pyridine rings is 1. The lowest BCUT2D eigenvalue weighted by molar-refractivity contribution is 0.310. The van der Waals surface area contributed by atoms with Crippen LogP contribution in [-0.4, -0.2) is 37.2 Å². The lowest BCUT2D eigenvalue weighted by Gasteiger charge is -2.42. The molecular formula is C14H24N6. The molecule has 1 aliphatic rings. The van der Waals surface area contributed by atoms with E-state index in [-0.39, 0.29) is 12.1 Å². The molecule has 3 unspecified atom stereocenters. The molecule has 0 radical (unpaired) electrons. The third kappa shape index (κ3) is 2.96. The van der Waals surface area contributed by atoms with Gasteiger partial charge in [-0.25, -0.2) is 0 Å². The van der Waals surface area contributed by atoms with Gasteiger partial charge in [-0.3, -0.25) is 4.98 Å². The lowest BCUT2D eigenvalue weighted by atomic mass is 9.90. The number of aromatic nitrogens is 1. The SMILES string of the molecule is CNc1cnccc1N1CC(C)C(N/C=C\N)C(N)C1. The molecular weight excluding hydrogens is 252 g/mol. The largest absolute Gasteiger partial charge is 0.403 e. The molecule has 2 rings (SSSR count). The summed E-state index contributed by atoms with van der Waals surface area (Å²) in [6, 6.07) is 2.32. The molecule has 6 N–H and O–H groups in total. The first kappa shape index (κ1) is 14.5. The number of nitrogens with one attached hydrogen (secondary N) is 2. The van der Waals surface area contributed by atoms with Gasteiger partial charge >= 0.3 is 0 Å². The van der Waals surface area contributed by atoms with E-state index in [1.807, 2.05) is 25.5 Å². The molecule has 1 aliphatic heterocycles. The highest BCUT2D eigenvalue weighted by Gasteiger charge is 2.32. The predicted molar refractivity (Wildman–Crippen MR) is 83.4 cm³/mol. The van der Waals surface area contributed by atoms with Crippen LogP contribution in [0.15, 0.2) is 30.9 Å². The van der Waals surface area contributed by atoms with Crippen LogP contribution >= 0.6 is 0 Å². The van der Waals surface area contributed by atoms with E-state index in [0.717, 1.165) is 24.5 Å². The fraction of sp³-hybridized carbons (Fsp3) is 0.500. The van der Waals surface area contributed by atoms with Gasteiger partial charge in [-0.1, -0.05) is 6.92 Å². The predicted octanol–water partition coefficient (Wildman–Crippen LogP) is 0.295. The summed E-state index contributed by atoms with van der Waals surface area (Å²) in [5, 5.41) is 6.47. The summed E-state index contributed by atoms with van der Waals surface area (Å²) >= 11 is 0. The van der Waals surface area contributed by atoms with E-state index in [4.69, 9.17) is 11.5 Å². The van der Waals surface area contributed by atoms with E-state index >= 15 is 0 Å². The van der Waals surface area contributed by atoms with Crippen molar-refractivity contribution >= 4 is 11.4 Å². The van der Waals surface area contributed by atoms with Gasteiger partial charge in [-0.15, -0.1) is 0 Å². The van der Waals surface area contributed by atoms with Crippen LogP contribution in [0, 0.1) is 5.92 Å². The minimum Gasteiger partial charge on any atom is -0.403 e. The van der Waals surface area contributed by atoms with Crippen molar-refractivity contribution in [2.24, 2.45) is 17.4 Å². The minimum absolute atomic E-state index is 0.0489. The molecule has 1 saturated heterocycles. The molecule has 20 heavy (non-hydrogen) atoms. The molecule has 6 heteroatoms. The summed E-state index contributed by atoms with van der Waals surface area (Å²) in [5.41, 5.74) is 13.9. The smallest absolute Gasteiger partial charge is 0.0761 e. The maximum absolute atomic E-state index is 6.31. The third-order valence-corrected chi connectivity index (χ3v) is 3.81. The number of rotatable bonds is 4. The number of nitrogens with zero attached hydrogens (tertiary/aromatic N) is 2. The summed E-state index contributed by atoms with van der Waals surface area (Å²) in [4.78, 5) is 6.46. The van der Waals surface area contributed by atoms with Crippen molar-refractivity contribution < 1.29 is 0 Å². The Hall–Kier alpha value is -1.95. The molecule has 2 heterocycles. The van der Waals surface area contributed by atoms with Crippen molar-refractivity contribution in [3.8, 4) is 0 Å². The zero-order chi connectivity index (χ0) is 14.5. The Kier molecular flexibility index (Phi) is 4.68. The molecule has 1 aromatic rings. The van der Waals surface area contributed by atoms with E-state index in [2.05, 4.69) is 27.4 Å². The molecule has 0 spiro atoms. The van der Waals surface area contributed by atoms with Crippen LogP contribution in [0.2, 0.25) is 0 Å². The first-order valence-electron chi connectivity index (χ1n) is 6.92. The first-order chi connectivity index (χ1) is 9.67. The van der Waals surface area contributed by atoms with E-state index < -0.39 is 0 Å². The maximum Gasteiger partial charge on any atom is 0.0761 e. The van der Waals surface area contributed by atoms with Gasteiger partial charge < -0.3 is 27.0 Å². The molecule has 0 amide bonds. The Labute approximate surface area is 120 Å². The number of nitrogens with two attached hydrogens (primary N) is 2. The van der Waals surface area contributed by atoms with Crippen molar-refractivity contribution in [3.63, 3.8) is 0 Å². The number of hydrogen-bond donors (Lipinski definition) is 4. The zero-order valence-electron chi connectivity index (χ0n) is 12.1. The van der Waals surface area contributed by atoms with Crippen molar-refractivity contribution in [1.82, 2.24) is 10.3 Å². The maximum atomic E-state index is 6.31. The average molecular weight is 276 g/mol. The van der Waals surface area contributed by atoms with Gasteiger partial charge in [0.2, 0.25) is 0 Å². The van der Waals surface area contributed by atoms with Crippen molar-refractivity contribution in [1.29, 1.82) is 0 Å². The van der Waals surface area contributed by atoms with E-state index in [9.17, 15) is 0 Å². The third-order valence-electron chi connectivity index (χ3n) is 3.81. The highest BCUT2D eigenvalue weighted by atomic mass is 15.2. The fourth-order valence-electron chi connectivity index (χ4n) is 2.83. The standard InChI is InChI=1S/C14H24N6/c1-10-8-20(9-11(16)14(10)19-6-4-15)13-3-5-18-7-12(13)17-2/h3-7,10-11,14,17,19H,8-9,15-16H2,1-2H3/b6-4-. The Morgan fingerprint density at radius 3 is 2.90 bits per heavy atom. The monoisotopic (exact) mass is 276 g/mol. The highest BCUT2D eigenvalue weighted by Crippen LogP contribution is 2.28. The van der Waals surface area contributed by atoms with Gasteiger partial charge in [0.25, 0.3) is 0 Å². The summed E-state index contributed by atoms with van der Waals surface area (Å²) in [5.74, 6) is 0.424. The van der Waals surface area contributed by atoms with Crippen LogP contribution in [0.1, 0.15) is 6.92 Å². The van der Waals surface area contributed by atoms with Crippen molar-refractivity contribution in [2.75, 3.05) is 30.4 Å². The highest BCUT2D eigenvalue weighted by molar-refractivity contribution is 5.68. The number of piperidine rings is 1. The van der Waals surface area contributed by atoms with Crippen LogP contribution in [0.4, 0.5) is 11.4 Å². The molecule has 3 atom stereocenters. The Bertz CT molecular complexity index is 449. The first-order valence-corrected chi connectivity index (χ1v) is 6.92. The molecule has 1 fully saturated rings. The van der Waals surface area contributed by atoms with Gasteiger partial charge in [0, 0.05) is 50.8 Å². The molecule has 0 aromatic carbocycles. The Morgan fingerprint density at radius 2 is 2.25 bits per heavy atom. The van der Waals surface area contributed by atoms with Crippen LogP contribution in [0.5, 0.6) is 0 Å². The minimum atomic E-state index is 0.0489. The van der Waals surface area contributed by atoms with Crippen molar-refractivity contribution in [2.45, 2.75) is 19.0 Å². The van der Waals surface area contributed by atoms with Crippen molar-refractivity contribution in [3.05, 3.63) is 30.9 Å². The summed E-state index contributed by atoms with van der Waals surface area (Å²) < 4.78 is 0. The molecule has 0 bridgehead atoms. The van der Waals surface area contributed by atoms with Gasteiger partial charge in [-0.2, -0.15) is 0 Å². The number of hydrogen-bond acceptors (Lipinski definition) is 6. The molecule has 0 aliphatic carbocycles. The van der Waals surface area contributed by atoms with Crippen LogP contribution in [-0.2, 0) is 0 Å². The second kappa shape index (κ2) is 6.47. The Morgan fingerprint density at radius 1 is 1.45 bits per heavy atom. The average Bonchev–Trinajstić information content (AvgIpc) is 2.46. The molecule has 6 nitrogen and oxygen atoms in total. The molecule has 1 aromatic heterocycles. The van der Waals surface area contributed by atoms with E-state index in [1.165, 1.54) is 6.20 Å². The Balaban J connectivity index is 2.13. The quantitative estimate of drug-likeness (QED) is 0.632. The summed E-state index contributed by atoms with van der Waals surface area (Å²) in [7, 11) is 1.91. The molecule has 110 valence electrons. The second-order valence-corrected chi connectivity index (χ2v) is 5.24. The number of anilines is 2. The van der Waals surface area contributed by atoms with Gasteiger partial charge in [0.05, 0.1) is 17.6 Å². The van der Waals surface area contributed by atoms with Crippen LogP contribution < -0.4 is 27.0 Å². The van der Waals surface area contributed by atoms with Gasteiger partial charge in [0.15, 0.2) is 0 Å². The van der Waals surface area contributed by atoms with Crippen LogP contribution in [0.3, 0.4) is 0 Å². The molecule has 0 saturated carbocycles.